The fraction of sp³-hybridized carbons (Fsp3) is 0.357. The van der Waals surface area contributed by atoms with E-state index in [0.717, 1.165) is 0 Å². The van der Waals surface area contributed by atoms with Crippen molar-refractivity contribution in [3.05, 3.63) is 23.8 Å². The zero-order chi connectivity index (χ0) is 14.5. The van der Waals surface area contributed by atoms with Gasteiger partial charge in [-0.3, -0.25) is 9.59 Å². The predicted octanol–water partition coefficient (Wildman–Crippen LogP) is 1.24. The molecule has 0 N–H and O–H groups in total. The molecule has 1 aromatic carbocycles. The first-order chi connectivity index (χ1) is 9.65. The average Bonchev–Trinajstić information content (AvgIpc) is 2.46. The molecule has 0 unspecified atom stereocenters. The lowest BCUT2D eigenvalue weighted by Gasteiger charge is -2.29. The molecule has 2 rings (SSSR count). The summed E-state index contributed by atoms with van der Waals surface area (Å²) in [4.78, 5) is 24.7. The Labute approximate surface area is 116 Å². The van der Waals surface area contributed by atoms with E-state index in [1.807, 2.05) is 6.07 Å². The number of carbonyl (C=O) groups excluding carboxylic acids is 2. The Bertz CT molecular complexity index is 577. The summed E-state index contributed by atoms with van der Waals surface area (Å²) in [5, 5.41) is 8.91. The highest BCUT2D eigenvalue weighted by Gasteiger charge is 2.26. The van der Waals surface area contributed by atoms with Gasteiger partial charge in [-0.1, -0.05) is 0 Å². The minimum atomic E-state index is -0.357. The van der Waals surface area contributed by atoms with Gasteiger partial charge in [-0.05, 0) is 25.1 Å². The summed E-state index contributed by atoms with van der Waals surface area (Å²) in [5.74, 6) is -0.0610. The van der Waals surface area contributed by atoms with Gasteiger partial charge in [0.15, 0.2) is 6.61 Å². The number of benzene rings is 1. The molecule has 1 aliphatic heterocycles. The average molecular weight is 274 g/mol. The Balaban J connectivity index is 2.19. The Morgan fingerprint density at radius 3 is 3.05 bits per heavy atom. The van der Waals surface area contributed by atoms with Gasteiger partial charge in [0.1, 0.15) is 5.75 Å². The lowest BCUT2D eigenvalue weighted by atomic mass is 10.1. The molecule has 1 heterocycles. The summed E-state index contributed by atoms with van der Waals surface area (Å²) in [6, 6.07) is 6.87. The molecule has 0 saturated carbocycles. The first-order valence-corrected chi connectivity index (χ1v) is 6.28. The number of carbonyl (C=O) groups is 2. The molecule has 0 atom stereocenters. The van der Waals surface area contributed by atoms with Gasteiger partial charge in [-0.25, -0.2) is 0 Å². The molecule has 0 radical (unpaired) electrons. The van der Waals surface area contributed by atoms with E-state index in [4.69, 9.17) is 14.7 Å². The van der Waals surface area contributed by atoms with Gasteiger partial charge in [0.05, 0.1) is 30.3 Å². The summed E-state index contributed by atoms with van der Waals surface area (Å²) in [7, 11) is 0. The molecular formula is C14H14N2O4. The van der Waals surface area contributed by atoms with E-state index >= 15 is 0 Å². The van der Waals surface area contributed by atoms with Crippen molar-refractivity contribution in [3.63, 3.8) is 0 Å². The number of nitriles is 1. The molecule has 6 heteroatoms. The monoisotopic (exact) mass is 274 g/mol. The van der Waals surface area contributed by atoms with Gasteiger partial charge in [0, 0.05) is 6.54 Å². The summed E-state index contributed by atoms with van der Waals surface area (Å²) in [6.07, 6.45) is 0.107. The Kier molecular flexibility index (Phi) is 4.20. The lowest BCUT2D eigenvalue weighted by Crippen LogP contribution is -2.40. The quantitative estimate of drug-likeness (QED) is 0.772. The fourth-order valence-corrected chi connectivity index (χ4v) is 1.95. The molecule has 0 fully saturated rings. The molecule has 104 valence electrons. The molecule has 0 saturated heterocycles. The first-order valence-electron chi connectivity index (χ1n) is 6.28. The van der Waals surface area contributed by atoms with E-state index in [1.54, 1.807) is 25.1 Å². The van der Waals surface area contributed by atoms with E-state index in [-0.39, 0.29) is 31.4 Å². The number of nitrogens with zero attached hydrogens (tertiary/aromatic N) is 2. The van der Waals surface area contributed by atoms with Crippen LogP contribution in [0.25, 0.3) is 0 Å². The molecule has 0 aliphatic carbocycles. The molecule has 1 amide bonds. The molecule has 0 spiro atoms. The van der Waals surface area contributed by atoms with Gasteiger partial charge in [-0.15, -0.1) is 0 Å². The van der Waals surface area contributed by atoms with E-state index in [9.17, 15) is 9.59 Å². The minimum Gasteiger partial charge on any atom is -0.482 e. The molecule has 1 aliphatic rings. The third kappa shape index (κ3) is 2.88. The predicted molar refractivity (Wildman–Crippen MR) is 70.3 cm³/mol. The van der Waals surface area contributed by atoms with E-state index in [0.29, 0.717) is 23.6 Å². The second-order valence-electron chi connectivity index (χ2n) is 4.18. The molecule has 0 aromatic heterocycles. The van der Waals surface area contributed by atoms with Gasteiger partial charge in [0.2, 0.25) is 0 Å². The van der Waals surface area contributed by atoms with E-state index < -0.39 is 0 Å². The molecular weight excluding hydrogens is 260 g/mol. The van der Waals surface area contributed by atoms with Crippen LogP contribution in [0.4, 0.5) is 5.69 Å². The van der Waals surface area contributed by atoms with Crippen LogP contribution in [0, 0.1) is 11.3 Å². The van der Waals surface area contributed by atoms with E-state index in [1.165, 1.54) is 4.90 Å². The normalized spacial score (nSPS) is 13.2. The molecule has 20 heavy (non-hydrogen) atoms. The van der Waals surface area contributed by atoms with E-state index in [2.05, 4.69) is 0 Å². The van der Waals surface area contributed by atoms with Crippen molar-refractivity contribution in [3.8, 4) is 11.8 Å². The van der Waals surface area contributed by atoms with Crippen LogP contribution in [0.1, 0.15) is 18.9 Å². The standard InChI is InChI=1S/C14H14N2O4/c1-2-19-14(18)5-6-16-11-7-10(8-15)3-4-12(11)20-9-13(16)17/h3-4,7H,2,5-6,9H2,1H3. The SMILES string of the molecule is CCOC(=O)CCN1C(=O)COc2ccc(C#N)cc21. The van der Waals surface area contributed by atoms with Gasteiger partial charge in [0.25, 0.3) is 5.91 Å². The number of rotatable bonds is 4. The number of esters is 1. The van der Waals surface area contributed by atoms with Crippen LogP contribution in [0.2, 0.25) is 0 Å². The van der Waals surface area contributed by atoms with Crippen molar-refractivity contribution < 1.29 is 19.1 Å². The number of hydrogen-bond donors (Lipinski definition) is 0. The fourth-order valence-electron chi connectivity index (χ4n) is 1.95. The minimum absolute atomic E-state index is 0.0677. The van der Waals surface area contributed by atoms with Crippen molar-refractivity contribution in [1.29, 1.82) is 5.26 Å². The zero-order valence-electron chi connectivity index (χ0n) is 11.1. The van der Waals surface area contributed by atoms with Crippen LogP contribution >= 0.6 is 0 Å². The van der Waals surface area contributed by atoms with Gasteiger partial charge >= 0.3 is 5.97 Å². The second-order valence-corrected chi connectivity index (χ2v) is 4.18. The highest BCUT2D eigenvalue weighted by atomic mass is 16.5. The maximum absolute atomic E-state index is 11.9. The number of fused-ring (bicyclic) bond motifs is 1. The van der Waals surface area contributed by atoms with Crippen molar-refractivity contribution in [2.45, 2.75) is 13.3 Å². The smallest absolute Gasteiger partial charge is 0.307 e. The van der Waals surface area contributed by atoms with Crippen LogP contribution in [0.15, 0.2) is 18.2 Å². The Morgan fingerprint density at radius 2 is 2.35 bits per heavy atom. The van der Waals surface area contributed by atoms with Crippen LogP contribution in [-0.4, -0.2) is 31.6 Å². The summed E-state index contributed by atoms with van der Waals surface area (Å²) in [6.45, 7) is 2.18. The van der Waals surface area contributed by atoms with Crippen molar-refractivity contribution in [2.75, 3.05) is 24.7 Å². The largest absolute Gasteiger partial charge is 0.482 e. The van der Waals surface area contributed by atoms with Crippen molar-refractivity contribution >= 4 is 17.6 Å². The third-order valence-electron chi connectivity index (χ3n) is 2.88. The highest BCUT2D eigenvalue weighted by Crippen LogP contribution is 2.32. The number of amides is 1. The lowest BCUT2D eigenvalue weighted by molar-refractivity contribution is -0.142. The maximum Gasteiger partial charge on any atom is 0.307 e. The third-order valence-corrected chi connectivity index (χ3v) is 2.88. The van der Waals surface area contributed by atoms with Crippen LogP contribution < -0.4 is 9.64 Å². The molecule has 6 nitrogen and oxygen atoms in total. The first kappa shape index (κ1) is 13.9. The van der Waals surface area contributed by atoms with Crippen LogP contribution in [0.5, 0.6) is 5.75 Å². The highest BCUT2D eigenvalue weighted by molar-refractivity contribution is 5.98. The molecule has 0 bridgehead atoms. The topological polar surface area (TPSA) is 79.6 Å². The van der Waals surface area contributed by atoms with Crippen molar-refractivity contribution in [2.24, 2.45) is 0 Å². The number of hydrogen-bond acceptors (Lipinski definition) is 5. The van der Waals surface area contributed by atoms with Crippen molar-refractivity contribution in [1.82, 2.24) is 0 Å². The second kappa shape index (κ2) is 6.06. The van der Waals surface area contributed by atoms with Gasteiger partial charge < -0.3 is 14.4 Å². The number of anilines is 1. The van der Waals surface area contributed by atoms with Crippen LogP contribution in [0.3, 0.4) is 0 Å². The summed E-state index contributed by atoms with van der Waals surface area (Å²) >= 11 is 0. The zero-order valence-corrected chi connectivity index (χ0v) is 11.1. The maximum atomic E-state index is 11.9. The molecule has 1 aromatic rings. The Hall–Kier alpha value is -2.55. The summed E-state index contributed by atoms with van der Waals surface area (Å²) in [5.41, 5.74) is 0.952. The van der Waals surface area contributed by atoms with Gasteiger partial charge in [-0.2, -0.15) is 5.26 Å². The summed E-state index contributed by atoms with van der Waals surface area (Å²) < 4.78 is 10.1. The Morgan fingerprint density at radius 1 is 1.55 bits per heavy atom. The number of ether oxygens (including phenoxy) is 2. The van der Waals surface area contributed by atoms with Crippen LogP contribution in [-0.2, 0) is 14.3 Å².